The summed E-state index contributed by atoms with van der Waals surface area (Å²) in [6.07, 6.45) is -1.26. The Bertz CT molecular complexity index is 390. The average Bonchev–Trinajstić information content (AvgIpc) is 2.37. The smallest absolute Gasteiger partial charge is 0.129 e. The molecule has 3 N–H and O–H groups in total. The Morgan fingerprint density at radius 3 is 2.74 bits per heavy atom. The highest BCUT2D eigenvalue weighted by Gasteiger charge is 2.13. The maximum Gasteiger partial charge on any atom is 0.129 e. The van der Waals surface area contributed by atoms with Crippen LogP contribution in [0.15, 0.2) is 18.2 Å². The lowest BCUT2D eigenvalue weighted by Gasteiger charge is -2.14. The molecule has 6 heteroatoms. The summed E-state index contributed by atoms with van der Waals surface area (Å²) in [6.45, 7) is 0.765. The first-order chi connectivity index (χ1) is 9.04. The number of halogens is 2. The fraction of sp³-hybridized carbons (Fsp3) is 0.538. The van der Waals surface area contributed by atoms with Crippen molar-refractivity contribution in [3.63, 3.8) is 0 Å². The molecule has 19 heavy (non-hydrogen) atoms. The molecule has 1 aromatic rings. The summed E-state index contributed by atoms with van der Waals surface area (Å²) in [5.74, 6) is -1.24. The zero-order valence-electron chi connectivity index (χ0n) is 10.8. The molecule has 1 aromatic carbocycles. The third-order valence-electron chi connectivity index (χ3n) is 2.67. The van der Waals surface area contributed by atoms with Crippen LogP contribution in [0, 0.1) is 11.6 Å². The van der Waals surface area contributed by atoms with Gasteiger partial charge in [0.1, 0.15) is 11.6 Å². The van der Waals surface area contributed by atoms with E-state index in [9.17, 15) is 19.0 Å². The standard InChI is InChI=1S/C13H19F2NO3/c1-19-8-10(17)4-5-16-7-13(18)11-6-9(14)2-3-12(11)15/h2-3,6,10,13,16-18H,4-5,7-8H2,1H3. The van der Waals surface area contributed by atoms with E-state index >= 15 is 0 Å². The lowest BCUT2D eigenvalue weighted by Crippen LogP contribution is -2.27. The van der Waals surface area contributed by atoms with Gasteiger partial charge in [-0.3, -0.25) is 0 Å². The van der Waals surface area contributed by atoms with Crippen molar-refractivity contribution in [2.24, 2.45) is 0 Å². The Morgan fingerprint density at radius 2 is 2.05 bits per heavy atom. The van der Waals surface area contributed by atoms with Gasteiger partial charge in [0.05, 0.1) is 18.8 Å². The molecular weight excluding hydrogens is 256 g/mol. The van der Waals surface area contributed by atoms with Gasteiger partial charge < -0.3 is 20.3 Å². The predicted molar refractivity (Wildman–Crippen MR) is 66.7 cm³/mol. The molecule has 0 heterocycles. The van der Waals surface area contributed by atoms with Crippen LogP contribution in [0.3, 0.4) is 0 Å². The Morgan fingerprint density at radius 1 is 1.32 bits per heavy atom. The molecular formula is C13H19F2NO3. The van der Waals surface area contributed by atoms with E-state index in [2.05, 4.69) is 5.32 Å². The zero-order valence-corrected chi connectivity index (χ0v) is 10.8. The second kappa shape index (κ2) is 8.16. The van der Waals surface area contributed by atoms with Crippen molar-refractivity contribution in [3.05, 3.63) is 35.4 Å². The molecule has 2 unspecified atom stereocenters. The number of methoxy groups -OCH3 is 1. The van der Waals surface area contributed by atoms with Gasteiger partial charge in [-0.25, -0.2) is 8.78 Å². The highest BCUT2D eigenvalue weighted by Crippen LogP contribution is 2.17. The van der Waals surface area contributed by atoms with Crippen molar-refractivity contribution in [3.8, 4) is 0 Å². The molecule has 1 rings (SSSR count). The lowest BCUT2D eigenvalue weighted by molar-refractivity contribution is 0.0586. The first-order valence-corrected chi connectivity index (χ1v) is 6.05. The minimum absolute atomic E-state index is 0.0788. The van der Waals surface area contributed by atoms with E-state index < -0.39 is 23.8 Å². The number of nitrogens with one attached hydrogen (secondary N) is 1. The number of aliphatic hydroxyl groups excluding tert-OH is 2. The maximum absolute atomic E-state index is 13.3. The van der Waals surface area contributed by atoms with Crippen molar-refractivity contribution >= 4 is 0 Å². The van der Waals surface area contributed by atoms with E-state index in [0.717, 1.165) is 18.2 Å². The number of hydrogen-bond acceptors (Lipinski definition) is 4. The van der Waals surface area contributed by atoms with Crippen LogP contribution in [0.1, 0.15) is 18.1 Å². The van der Waals surface area contributed by atoms with E-state index in [1.807, 2.05) is 0 Å². The molecule has 0 aliphatic heterocycles. The van der Waals surface area contributed by atoms with Gasteiger partial charge in [-0.15, -0.1) is 0 Å². The van der Waals surface area contributed by atoms with Gasteiger partial charge in [-0.2, -0.15) is 0 Å². The van der Waals surface area contributed by atoms with Crippen LogP contribution in [-0.2, 0) is 4.74 Å². The first-order valence-electron chi connectivity index (χ1n) is 6.05. The summed E-state index contributed by atoms with van der Waals surface area (Å²) in [4.78, 5) is 0. The van der Waals surface area contributed by atoms with Crippen molar-refractivity contribution in [2.75, 3.05) is 26.8 Å². The third kappa shape index (κ3) is 5.61. The normalized spacial score (nSPS) is 14.4. The molecule has 0 aliphatic carbocycles. The van der Waals surface area contributed by atoms with Gasteiger partial charge in [-0.1, -0.05) is 0 Å². The van der Waals surface area contributed by atoms with Gasteiger partial charge in [0.25, 0.3) is 0 Å². The second-order valence-corrected chi connectivity index (χ2v) is 4.28. The summed E-state index contributed by atoms with van der Waals surface area (Å²) >= 11 is 0. The quantitative estimate of drug-likeness (QED) is 0.619. The fourth-order valence-electron chi connectivity index (χ4n) is 1.66. The molecule has 0 aromatic heterocycles. The molecule has 0 saturated heterocycles. The fourth-order valence-corrected chi connectivity index (χ4v) is 1.66. The number of aliphatic hydroxyl groups is 2. The summed E-state index contributed by atoms with van der Waals surface area (Å²) in [6, 6.07) is 2.96. The molecule has 0 spiro atoms. The monoisotopic (exact) mass is 275 g/mol. The lowest BCUT2D eigenvalue weighted by atomic mass is 10.1. The van der Waals surface area contributed by atoms with Gasteiger partial charge in [0.15, 0.2) is 0 Å². The first kappa shape index (κ1) is 16.0. The summed E-state index contributed by atoms with van der Waals surface area (Å²) in [7, 11) is 1.49. The maximum atomic E-state index is 13.3. The van der Waals surface area contributed by atoms with Crippen LogP contribution in [0.2, 0.25) is 0 Å². The van der Waals surface area contributed by atoms with Crippen LogP contribution in [0.5, 0.6) is 0 Å². The van der Waals surface area contributed by atoms with E-state index in [-0.39, 0.29) is 18.7 Å². The van der Waals surface area contributed by atoms with Gasteiger partial charge in [0.2, 0.25) is 0 Å². The Hall–Kier alpha value is -1.08. The zero-order chi connectivity index (χ0) is 14.3. The van der Waals surface area contributed by atoms with E-state index in [4.69, 9.17) is 4.74 Å². The molecule has 0 fully saturated rings. The molecule has 0 radical (unpaired) electrons. The molecule has 0 saturated carbocycles. The predicted octanol–water partition coefficient (Wildman–Crippen LogP) is 0.985. The van der Waals surface area contributed by atoms with Gasteiger partial charge in [-0.05, 0) is 31.2 Å². The summed E-state index contributed by atoms with van der Waals surface area (Å²) in [5, 5.41) is 22.0. The van der Waals surface area contributed by atoms with Crippen LogP contribution in [0.4, 0.5) is 8.78 Å². The van der Waals surface area contributed by atoms with E-state index in [1.165, 1.54) is 7.11 Å². The molecule has 0 amide bonds. The van der Waals surface area contributed by atoms with Crippen LogP contribution >= 0.6 is 0 Å². The Balaban J connectivity index is 2.35. The number of benzene rings is 1. The molecule has 4 nitrogen and oxygen atoms in total. The van der Waals surface area contributed by atoms with Crippen LogP contribution < -0.4 is 5.32 Å². The highest BCUT2D eigenvalue weighted by molar-refractivity contribution is 5.21. The Kier molecular flexibility index (Phi) is 6.86. The SMILES string of the molecule is COCC(O)CCNCC(O)c1cc(F)ccc1F. The van der Waals surface area contributed by atoms with Crippen molar-refractivity contribution in [1.29, 1.82) is 0 Å². The Labute approximate surface area is 111 Å². The van der Waals surface area contributed by atoms with Crippen molar-refractivity contribution < 1.29 is 23.7 Å². The summed E-state index contributed by atoms with van der Waals surface area (Å²) in [5.41, 5.74) is -0.0788. The van der Waals surface area contributed by atoms with E-state index in [0.29, 0.717) is 13.0 Å². The number of rotatable bonds is 8. The largest absolute Gasteiger partial charge is 0.391 e. The van der Waals surface area contributed by atoms with Crippen molar-refractivity contribution in [1.82, 2.24) is 5.32 Å². The van der Waals surface area contributed by atoms with Crippen molar-refractivity contribution in [2.45, 2.75) is 18.6 Å². The van der Waals surface area contributed by atoms with E-state index in [1.54, 1.807) is 0 Å². The van der Waals surface area contributed by atoms with Gasteiger partial charge >= 0.3 is 0 Å². The topological polar surface area (TPSA) is 61.7 Å². The third-order valence-corrected chi connectivity index (χ3v) is 2.67. The average molecular weight is 275 g/mol. The molecule has 108 valence electrons. The summed E-state index contributed by atoms with van der Waals surface area (Å²) < 4.78 is 31.0. The highest BCUT2D eigenvalue weighted by atomic mass is 19.1. The molecule has 0 aliphatic rings. The number of hydrogen-bond donors (Lipinski definition) is 3. The minimum Gasteiger partial charge on any atom is -0.391 e. The van der Waals surface area contributed by atoms with Crippen LogP contribution in [0.25, 0.3) is 0 Å². The second-order valence-electron chi connectivity index (χ2n) is 4.28. The number of ether oxygens (including phenoxy) is 1. The van der Waals surface area contributed by atoms with Crippen LogP contribution in [-0.4, -0.2) is 43.1 Å². The molecule has 0 bridgehead atoms. The minimum atomic E-state index is -1.13. The van der Waals surface area contributed by atoms with Gasteiger partial charge in [0, 0.05) is 19.2 Å². The molecule has 2 atom stereocenters.